The van der Waals surface area contributed by atoms with Gasteiger partial charge in [0.05, 0.1) is 6.16 Å². The van der Waals surface area contributed by atoms with Crippen LogP contribution in [0.1, 0.15) is 40.5 Å². The normalized spacial score (nSPS) is 16.2. The molecule has 36 heavy (non-hydrogen) atoms. The number of carbonyl (C=O) groups is 1. The lowest BCUT2D eigenvalue weighted by molar-refractivity contribution is -0.116. The number of hydrogen-bond acceptors (Lipinski definition) is 1. The summed E-state index contributed by atoms with van der Waals surface area (Å²) in [6.07, 6.45) is 9.30. The monoisotopic (exact) mass is 514 g/mol. The van der Waals surface area contributed by atoms with Gasteiger partial charge < -0.3 is 12.4 Å². The van der Waals surface area contributed by atoms with Crippen LogP contribution in [0.25, 0.3) is 0 Å². The standard InChI is InChI=1S/C33H36OP.ClH/c1-26(20-21-31-27(2)32(34)22-24-33(31,3)4)23-25-35(28-14-8-5-9-15-28,29-16-10-6-11-17-29)30-18-12-7-13-19-30;/h5-21,23H,22,24-25H2,1-4H3;1H/q+1;/p-1. The zero-order valence-electron chi connectivity index (χ0n) is 21.7. The number of ketones is 1. The lowest BCUT2D eigenvalue weighted by Gasteiger charge is -2.32. The van der Waals surface area contributed by atoms with Gasteiger partial charge in [-0.25, -0.2) is 0 Å². The van der Waals surface area contributed by atoms with Crippen LogP contribution in [0.5, 0.6) is 0 Å². The smallest absolute Gasteiger partial charge is 0.158 e. The summed E-state index contributed by atoms with van der Waals surface area (Å²) in [4.78, 5) is 12.4. The average molecular weight is 515 g/mol. The Morgan fingerprint density at radius 1 is 0.833 bits per heavy atom. The molecule has 0 heterocycles. The zero-order chi connectivity index (χ0) is 24.9. The van der Waals surface area contributed by atoms with E-state index in [1.165, 1.54) is 27.1 Å². The van der Waals surface area contributed by atoms with Crippen LogP contribution in [0.2, 0.25) is 0 Å². The molecule has 3 heteroatoms. The first-order valence-corrected chi connectivity index (χ1v) is 14.5. The van der Waals surface area contributed by atoms with Gasteiger partial charge in [0.1, 0.15) is 23.2 Å². The minimum Gasteiger partial charge on any atom is -1.00 e. The highest BCUT2D eigenvalue weighted by molar-refractivity contribution is 7.95. The lowest BCUT2D eigenvalue weighted by Crippen LogP contribution is -3.00. The van der Waals surface area contributed by atoms with Crippen LogP contribution in [0, 0.1) is 5.41 Å². The van der Waals surface area contributed by atoms with Gasteiger partial charge in [-0.05, 0) is 79.3 Å². The number of carbonyl (C=O) groups excluding carboxylic acids is 1. The van der Waals surface area contributed by atoms with E-state index in [2.05, 4.69) is 130 Å². The van der Waals surface area contributed by atoms with Crippen molar-refractivity contribution in [3.8, 4) is 0 Å². The van der Waals surface area contributed by atoms with Crippen LogP contribution in [0.3, 0.4) is 0 Å². The maximum Gasteiger partial charge on any atom is 0.158 e. The van der Waals surface area contributed by atoms with E-state index in [1.54, 1.807) is 0 Å². The molecule has 3 aromatic carbocycles. The van der Waals surface area contributed by atoms with Crippen LogP contribution in [0.15, 0.2) is 126 Å². The fraction of sp³-hybridized carbons (Fsp3) is 0.242. The van der Waals surface area contributed by atoms with E-state index in [0.717, 1.165) is 18.2 Å². The van der Waals surface area contributed by atoms with E-state index < -0.39 is 7.26 Å². The number of hydrogen-bond donors (Lipinski definition) is 0. The van der Waals surface area contributed by atoms with Crippen molar-refractivity contribution in [2.45, 2.75) is 40.5 Å². The molecule has 0 spiro atoms. The number of halogens is 1. The molecule has 0 aromatic heterocycles. The number of allylic oxidation sites excluding steroid dienone is 6. The first-order valence-electron chi connectivity index (χ1n) is 12.5. The van der Waals surface area contributed by atoms with Gasteiger partial charge in [-0.15, -0.1) is 0 Å². The predicted octanol–water partition coefficient (Wildman–Crippen LogP) is 4.19. The summed E-state index contributed by atoms with van der Waals surface area (Å²) >= 11 is 0. The first kappa shape index (κ1) is 27.9. The van der Waals surface area contributed by atoms with Gasteiger partial charge >= 0.3 is 0 Å². The van der Waals surface area contributed by atoms with E-state index in [4.69, 9.17) is 0 Å². The van der Waals surface area contributed by atoms with E-state index in [9.17, 15) is 4.79 Å². The van der Waals surface area contributed by atoms with Gasteiger partial charge in [0, 0.05) is 6.42 Å². The molecular weight excluding hydrogens is 479 g/mol. The largest absolute Gasteiger partial charge is 1.00 e. The van der Waals surface area contributed by atoms with Crippen molar-refractivity contribution >= 4 is 29.0 Å². The minimum absolute atomic E-state index is 0. The molecule has 1 aliphatic rings. The molecule has 0 amide bonds. The molecule has 0 saturated carbocycles. The Labute approximate surface area is 223 Å². The van der Waals surface area contributed by atoms with Crippen LogP contribution in [-0.2, 0) is 4.79 Å². The Bertz CT molecular complexity index is 1160. The molecule has 0 aliphatic heterocycles. The molecule has 1 aliphatic carbocycles. The summed E-state index contributed by atoms with van der Waals surface area (Å²) in [5, 5.41) is 4.17. The third-order valence-corrected chi connectivity index (χ3v) is 11.6. The molecule has 0 radical (unpaired) electrons. The fourth-order valence-electron chi connectivity index (χ4n) is 5.13. The third-order valence-electron chi connectivity index (χ3n) is 7.32. The van der Waals surface area contributed by atoms with Crippen LogP contribution in [-0.4, -0.2) is 11.9 Å². The Morgan fingerprint density at radius 2 is 1.28 bits per heavy atom. The third kappa shape index (κ3) is 5.80. The summed E-state index contributed by atoms with van der Waals surface area (Å²) < 4.78 is 0. The molecule has 186 valence electrons. The maximum atomic E-state index is 12.4. The average Bonchev–Trinajstić information content (AvgIpc) is 2.89. The van der Waals surface area contributed by atoms with Gasteiger partial charge in [0.2, 0.25) is 0 Å². The molecule has 0 N–H and O–H groups in total. The quantitative estimate of drug-likeness (QED) is 0.341. The first-order chi connectivity index (χ1) is 16.8. The summed E-state index contributed by atoms with van der Waals surface area (Å²) in [7, 11) is -1.89. The van der Waals surface area contributed by atoms with Crippen LogP contribution in [0.4, 0.5) is 0 Å². The number of rotatable bonds is 7. The number of Topliss-reactive ketones (excluding diaryl/α,β-unsaturated/α-hetero) is 1. The Balaban J connectivity index is 0.00000361. The summed E-state index contributed by atoms with van der Waals surface area (Å²) in [5.74, 6) is 0.285. The van der Waals surface area contributed by atoms with Gasteiger partial charge in [-0.1, -0.05) is 86.2 Å². The SMILES string of the molecule is CC(C=CC1=C(C)C(=O)CCC1(C)C)=CC[P+](c1ccccc1)(c1ccccc1)c1ccccc1.[Cl-]. The molecule has 3 aromatic rings. The highest BCUT2D eigenvalue weighted by Crippen LogP contribution is 2.55. The molecule has 0 unspecified atom stereocenters. The van der Waals surface area contributed by atoms with E-state index in [0.29, 0.717) is 6.42 Å². The maximum absolute atomic E-state index is 12.4. The van der Waals surface area contributed by atoms with Crippen LogP contribution >= 0.6 is 7.26 Å². The molecule has 0 atom stereocenters. The second kappa shape index (κ2) is 12.0. The molecular formula is C33H36ClOP. The molecule has 0 saturated heterocycles. The Hall–Kier alpha value is -2.73. The Kier molecular flexibility index (Phi) is 9.29. The molecule has 1 nitrogen and oxygen atoms in total. The second-order valence-electron chi connectivity index (χ2n) is 10.1. The molecule has 0 bridgehead atoms. The molecule has 0 fully saturated rings. The van der Waals surface area contributed by atoms with E-state index >= 15 is 0 Å². The number of benzene rings is 3. The van der Waals surface area contributed by atoms with Crippen molar-refractivity contribution in [2.24, 2.45) is 5.41 Å². The predicted molar refractivity (Wildman–Crippen MR) is 154 cm³/mol. The summed E-state index contributed by atoms with van der Waals surface area (Å²) in [6, 6.07) is 33.0. The van der Waals surface area contributed by atoms with Gasteiger partial charge in [-0.2, -0.15) is 0 Å². The van der Waals surface area contributed by atoms with Gasteiger partial charge in [0.25, 0.3) is 0 Å². The van der Waals surface area contributed by atoms with Crippen molar-refractivity contribution in [3.63, 3.8) is 0 Å². The highest BCUT2D eigenvalue weighted by Gasteiger charge is 2.44. The van der Waals surface area contributed by atoms with E-state index in [-0.39, 0.29) is 23.6 Å². The van der Waals surface area contributed by atoms with Crippen molar-refractivity contribution in [2.75, 3.05) is 6.16 Å². The zero-order valence-corrected chi connectivity index (χ0v) is 23.4. The fourth-order valence-corrected chi connectivity index (χ4v) is 9.26. The van der Waals surface area contributed by atoms with E-state index in [1.807, 2.05) is 6.92 Å². The second-order valence-corrected chi connectivity index (χ2v) is 13.7. The van der Waals surface area contributed by atoms with Crippen LogP contribution < -0.4 is 28.3 Å². The van der Waals surface area contributed by atoms with Gasteiger partial charge in [-0.3, -0.25) is 4.79 Å². The van der Waals surface area contributed by atoms with Crippen molar-refractivity contribution in [1.82, 2.24) is 0 Å². The van der Waals surface area contributed by atoms with Crippen molar-refractivity contribution in [3.05, 3.63) is 126 Å². The molecule has 4 rings (SSSR count). The minimum atomic E-state index is -1.89. The van der Waals surface area contributed by atoms with Crippen molar-refractivity contribution in [1.29, 1.82) is 0 Å². The highest BCUT2D eigenvalue weighted by atomic mass is 35.5. The summed E-state index contributed by atoms with van der Waals surface area (Å²) in [6.45, 7) is 8.66. The lowest BCUT2D eigenvalue weighted by atomic mass is 9.72. The van der Waals surface area contributed by atoms with Crippen molar-refractivity contribution < 1.29 is 17.2 Å². The Morgan fingerprint density at radius 3 is 1.72 bits per heavy atom. The summed E-state index contributed by atoms with van der Waals surface area (Å²) in [5.41, 5.74) is 3.36. The van der Waals surface area contributed by atoms with Gasteiger partial charge in [0.15, 0.2) is 5.78 Å². The topological polar surface area (TPSA) is 17.1 Å².